The molecule has 3 heteroatoms. The quantitative estimate of drug-likeness (QED) is 0.627. The maximum absolute atomic E-state index is 11.2. The summed E-state index contributed by atoms with van der Waals surface area (Å²) in [6.45, 7) is 2.89. The predicted octanol–water partition coefficient (Wildman–Crippen LogP) is 1.75. The topological polar surface area (TPSA) is 35.5 Å². The Morgan fingerprint density at radius 1 is 1.46 bits per heavy atom. The van der Waals surface area contributed by atoms with Gasteiger partial charge in [0.1, 0.15) is 0 Å². The van der Waals surface area contributed by atoms with Crippen LogP contribution in [0.5, 0.6) is 0 Å². The minimum Gasteiger partial charge on any atom is -0.469 e. The summed E-state index contributed by atoms with van der Waals surface area (Å²) < 4.78 is 10.3. The fourth-order valence-electron chi connectivity index (χ4n) is 1.76. The summed E-state index contributed by atoms with van der Waals surface area (Å²) in [5.74, 6) is -0.00513. The summed E-state index contributed by atoms with van der Waals surface area (Å²) in [5.41, 5.74) is 0. The Hall–Kier alpha value is -0.570. The Balaban J connectivity index is 2.23. The molecule has 0 N–H and O–H groups in total. The first-order chi connectivity index (χ1) is 6.27. The lowest BCUT2D eigenvalue weighted by atomic mass is 10.1. The Bertz CT molecular complexity index is 168. The van der Waals surface area contributed by atoms with Gasteiger partial charge in [-0.1, -0.05) is 6.92 Å². The Morgan fingerprint density at radius 3 is 2.85 bits per heavy atom. The minimum atomic E-state index is -0.0809. The van der Waals surface area contributed by atoms with Crippen LogP contribution >= 0.6 is 0 Å². The van der Waals surface area contributed by atoms with E-state index in [1.165, 1.54) is 7.11 Å². The number of carbonyl (C=O) groups excluding carboxylic acids is 1. The second-order valence-corrected chi connectivity index (χ2v) is 3.53. The number of methoxy groups -OCH3 is 1. The molecule has 3 nitrogen and oxygen atoms in total. The van der Waals surface area contributed by atoms with Crippen LogP contribution in [0.4, 0.5) is 0 Å². The highest BCUT2D eigenvalue weighted by molar-refractivity contribution is 5.72. The highest BCUT2D eigenvalue weighted by atomic mass is 16.5. The molecule has 0 aromatic carbocycles. The summed E-state index contributed by atoms with van der Waals surface area (Å²) in [5, 5.41) is 0. The Labute approximate surface area is 79.4 Å². The Kier molecular flexibility index (Phi) is 4.22. The number of carbonyl (C=O) groups is 1. The lowest BCUT2D eigenvalue weighted by Crippen LogP contribution is -2.15. The molecule has 1 aliphatic rings. The van der Waals surface area contributed by atoms with Gasteiger partial charge in [-0.25, -0.2) is 0 Å². The maximum atomic E-state index is 11.2. The van der Waals surface area contributed by atoms with Crippen molar-refractivity contribution in [3.05, 3.63) is 0 Å². The molecule has 1 aliphatic carbocycles. The van der Waals surface area contributed by atoms with Gasteiger partial charge >= 0.3 is 5.97 Å². The summed E-state index contributed by atoms with van der Waals surface area (Å²) in [4.78, 5) is 11.2. The molecule has 1 fully saturated rings. The second-order valence-electron chi connectivity index (χ2n) is 3.53. The summed E-state index contributed by atoms with van der Waals surface area (Å²) >= 11 is 0. The van der Waals surface area contributed by atoms with Gasteiger partial charge in [-0.3, -0.25) is 4.79 Å². The summed E-state index contributed by atoms with van der Waals surface area (Å²) in [6.07, 6.45) is 4.08. The normalized spacial score (nSPS) is 27.5. The second kappa shape index (κ2) is 5.22. The number of hydrogen-bond donors (Lipinski definition) is 0. The van der Waals surface area contributed by atoms with Crippen molar-refractivity contribution in [2.75, 3.05) is 13.7 Å². The minimum absolute atomic E-state index is 0.0758. The van der Waals surface area contributed by atoms with E-state index in [0.717, 1.165) is 32.3 Å². The van der Waals surface area contributed by atoms with Gasteiger partial charge < -0.3 is 9.47 Å². The average molecular weight is 186 g/mol. The molecule has 1 saturated carbocycles. The first kappa shape index (κ1) is 10.5. The standard InChI is InChI=1S/C10H18O3/c1-3-6-13-9-5-4-8(7-9)10(11)12-2/h8-9H,3-7H2,1-2H3/t8-,9-/m0/s1. The molecule has 0 amide bonds. The number of ether oxygens (including phenoxy) is 2. The molecule has 1 rings (SSSR count). The van der Waals surface area contributed by atoms with Crippen LogP contribution in [0.15, 0.2) is 0 Å². The van der Waals surface area contributed by atoms with Crippen molar-refractivity contribution in [3.8, 4) is 0 Å². The highest BCUT2D eigenvalue weighted by Gasteiger charge is 2.30. The van der Waals surface area contributed by atoms with E-state index in [9.17, 15) is 4.79 Å². The molecule has 0 aromatic rings. The number of hydrogen-bond acceptors (Lipinski definition) is 3. The molecule has 0 aromatic heterocycles. The van der Waals surface area contributed by atoms with E-state index in [1.54, 1.807) is 0 Å². The van der Waals surface area contributed by atoms with Crippen LogP contribution in [0, 0.1) is 5.92 Å². The van der Waals surface area contributed by atoms with Gasteiger partial charge in [0.25, 0.3) is 0 Å². The van der Waals surface area contributed by atoms with E-state index in [0.29, 0.717) is 0 Å². The highest BCUT2D eigenvalue weighted by Crippen LogP contribution is 2.28. The van der Waals surface area contributed by atoms with Crippen molar-refractivity contribution >= 4 is 5.97 Å². The van der Waals surface area contributed by atoms with Crippen LogP contribution in [0.3, 0.4) is 0 Å². The van der Waals surface area contributed by atoms with Gasteiger partial charge in [-0.15, -0.1) is 0 Å². The van der Waals surface area contributed by atoms with E-state index < -0.39 is 0 Å². The smallest absolute Gasteiger partial charge is 0.308 e. The van der Waals surface area contributed by atoms with Gasteiger partial charge in [0.2, 0.25) is 0 Å². The van der Waals surface area contributed by atoms with Crippen LogP contribution in [-0.2, 0) is 14.3 Å². The van der Waals surface area contributed by atoms with Crippen molar-refractivity contribution in [1.29, 1.82) is 0 Å². The van der Waals surface area contributed by atoms with E-state index in [-0.39, 0.29) is 18.0 Å². The van der Waals surface area contributed by atoms with Gasteiger partial charge in [0.05, 0.1) is 19.1 Å². The van der Waals surface area contributed by atoms with Gasteiger partial charge in [0.15, 0.2) is 0 Å². The zero-order valence-electron chi connectivity index (χ0n) is 8.41. The summed E-state index contributed by atoms with van der Waals surface area (Å²) in [7, 11) is 1.45. The van der Waals surface area contributed by atoms with Crippen molar-refractivity contribution < 1.29 is 14.3 Å². The SMILES string of the molecule is CCCO[C@H]1CC[C@H](C(=O)OC)C1. The number of rotatable bonds is 4. The van der Waals surface area contributed by atoms with Crippen LogP contribution in [0.1, 0.15) is 32.6 Å². The fraction of sp³-hybridized carbons (Fsp3) is 0.900. The molecule has 76 valence electrons. The third-order valence-electron chi connectivity index (χ3n) is 2.48. The summed E-state index contributed by atoms with van der Waals surface area (Å²) in [6, 6.07) is 0. The monoisotopic (exact) mass is 186 g/mol. The molecule has 0 unspecified atom stereocenters. The van der Waals surface area contributed by atoms with Crippen LogP contribution in [0.2, 0.25) is 0 Å². The predicted molar refractivity (Wildman–Crippen MR) is 49.4 cm³/mol. The first-order valence-electron chi connectivity index (χ1n) is 4.97. The molecule has 0 radical (unpaired) electrons. The molecule has 2 atom stereocenters. The van der Waals surface area contributed by atoms with Gasteiger partial charge in [-0.2, -0.15) is 0 Å². The van der Waals surface area contributed by atoms with E-state index in [2.05, 4.69) is 6.92 Å². The van der Waals surface area contributed by atoms with E-state index in [1.807, 2.05) is 0 Å². The fourth-order valence-corrected chi connectivity index (χ4v) is 1.76. The first-order valence-corrected chi connectivity index (χ1v) is 4.97. The van der Waals surface area contributed by atoms with Gasteiger partial charge in [0, 0.05) is 6.61 Å². The third-order valence-corrected chi connectivity index (χ3v) is 2.48. The van der Waals surface area contributed by atoms with Crippen LogP contribution in [0.25, 0.3) is 0 Å². The van der Waals surface area contributed by atoms with Crippen LogP contribution in [-0.4, -0.2) is 25.8 Å². The molecular weight excluding hydrogens is 168 g/mol. The largest absolute Gasteiger partial charge is 0.469 e. The van der Waals surface area contributed by atoms with Crippen molar-refractivity contribution in [2.45, 2.75) is 38.7 Å². The molecule has 0 spiro atoms. The van der Waals surface area contributed by atoms with Crippen molar-refractivity contribution in [3.63, 3.8) is 0 Å². The average Bonchev–Trinajstić information content (AvgIpc) is 2.62. The lowest BCUT2D eigenvalue weighted by Gasteiger charge is -2.10. The molecule has 0 bridgehead atoms. The van der Waals surface area contributed by atoms with E-state index >= 15 is 0 Å². The molecular formula is C10H18O3. The Morgan fingerprint density at radius 2 is 2.23 bits per heavy atom. The van der Waals surface area contributed by atoms with Crippen molar-refractivity contribution in [2.24, 2.45) is 5.92 Å². The zero-order chi connectivity index (χ0) is 9.68. The molecule has 0 aliphatic heterocycles. The molecule has 0 saturated heterocycles. The third kappa shape index (κ3) is 2.99. The van der Waals surface area contributed by atoms with Crippen LogP contribution < -0.4 is 0 Å². The zero-order valence-corrected chi connectivity index (χ0v) is 8.41. The lowest BCUT2D eigenvalue weighted by molar-refractivity contribution is -0.145. The molecule has 0 heterocycles. The van der Waals surface area contributed by atoms with Crippen molar-refractivity contribution in [1.82, 2.24) is 0 Å². The van der Waals surface area contributed by atoms with Gasteiger partial charge in [-0.05, 0) is 25.7 Å². The number of esters is 1. The van der Waals surface area contributed by atoms with E-state index in [4.69, 9.17) is 9.47 Å². The maximum Gasteiger partial charge on any atom is 0.308 e. The molecule has 13 heavy (non-hydrogen) atoms.